The molecule has 3 N–H and O–H groups in total. The molecule has 0 bridgehead atoms. The first kappa shape index (κ1) is 23.2. The molecule has 2 aromatic rings. The number of nitrogens with one attached hydrogen (secondary N) is 2. The van der Waals surface area contributed by atoms with Crippen molar-refractivity contribution in [3.05, 3.63) is 59.7 Å². The first-order valence-corrected chi connectivity index (χ1v) is 12.3. The second-order valence-electron chi connectivity index (χ2n) is 8.64. The van der Waals surface area contributed by atoms with E-state index in [1.165, 1.54) is 0 Å². The van der Waals surface area contributed by atoms with Crippen LogP contribution in [0.15, 0.2) is 48.5 Å². The number of benzene rings is 2. The third kappa shape index (κ3) is 5.16. The molecule has 1 aliphatic heterocycles. The molecular formula is C25H28N2O5S. The van der Waals surface area contributed by atoms with E-state index in [0.717, 1.165) is 33.8 Å². The molecule has 0 aromatic heterocycles. The largest absolute Gasteiger partial charge is 0.481 e. The maximum Gasteiger partial charge on any atom is 0.407 e. The Balaban J connectivity index is 1.35. The maximum atomic E-state index is 12.7. The van der Waals surface area contributed by atoms with Crippen LogP contribution in [0.2, 0.25) is 0 Å². The molecule has 1 saturated heterocycles. The molecule has 2 aromatic carbocycles. The van der Waals surface area contributed by atoms with E-state index in [0.29, 0.717) is 12.8 Å². The zero-order valence-electron chi connectivity index (χ0n) is 18.5. The SMILES string of the molecule is C[C@@H](NC(=O)OCC1c2ccccc2-c2ccccc21)C(=O)NC1(CC(=O)O)CCSCC1. The summed E-state index contributed by atoms with van der Waals surface area (Å²) in [6.07, 6.45) is 0.378. The molecule has 1 fully saturated rings. The Bertz CT molecular complexity index is 1010. The van der Waals surface area contributed by atoms with E-state index in [2.05, 4.69) is 22.8 Å². The summed E-state index contributed by atoms with van der Waals surface area (Å²) in [7, 11) is 0. The lowest BCUT2D eigenvalue weighted by Crippen LogP contribution is -2.57. The molecule has 0 unspecified atom stereocenters. The van der Waals surface area contributed by atoms with Gasteiger partial charge in [-0.3, -0.25) is 9.59 Å². The second kappa shape index (κ2) is 9.87. The lowest BCUT2D eigenvalue weighted by Gasteiger charge is -2.37. The van der Waals surface area contributed by atoms with Gasteiger partial charge in [0, 0.05) is 5.92 Å². The van der Waals surface area contributed by atoms with Gasteiger partial charge in [-0.05, 0) is 53.5 Å². The van der Waals surface area contributed by atoms with Gasteiger partial charge in [0.25, 0.3) is 0 Å². The van der Waals surface area contributed by atoms with Crippen molar-refractivity contribution in [2.24, 2.45) is 0 Å². The molecule has 7 nitrogen and oxygen atoms in total. The van der Waals surface area contributed by atoms with Crippen molar-refractivity contribution in [3.63, 3.8) is 0 Å². The minimum Gasteiger partial charge on any atom is -0.481 e. The number of hydrogen-bond donors (Lipinski definition) is 3. The van der Waals surface area contributed by atoms with Crippen molar-refractivity contribution in [2.45, 2.75) is 43.7 Å². The fourth-order valence-electron chi connectivity index (χ4n) is 4.65. The molecule has 4 rings (SSSR count). The molecule has 33 heavy (non-hydrogen) atoms. The van der Waals surface area contributed by atoms with E-state index in [-0.39, 0.29) is 18.9 Å². The van der Waals surface area contributed by atoms with E-state index in [1.54, 1.807) is 18.7 Å². The first-order valence-electron chi connectivity index (χ1n) is 11.1. The summed E-state index contributed by atoms with van der Waals surface area (Å²) < 4.78 is 5.51. The summed E-state index contributed by atoms with van der Waals surface area (Å²) in [5.74, 6) is 0.172. The number of carbonyl (C=O) groups excluding carboxylic acids is 2. The lowest BCUT2D eigenvalue weighted by molar-refractivity contribution is -0.139. The summed E-state index contributed by atoms with van der Waals surface area (Å²) in [5, 5.41) is 14.8. The van der Waals surface area contributed by atoms with Crippen molar-refractivity contribution in [1.82, 2.24) is 10.6 Å². The molecule has 1 aliphatic carbocycles. The highest BCUT2D eigenvalue weighted by Gasteiger charge is 2.37. The minimum absolute atomic E-state index is 0.0640. The van der Waals surface area contributed by atoms with Crippen LogP contribution in [0.3, 0.4) is 0 Å². The number of carboxylic acids is 1. The molecule has 0 saturated carbocycles. The Morgan fingerprint density at radius 3 is 2.21 bits per heavy atom. The van der Waals surface area contributed by atoms with Gasteiger partial charge in [-0.2, -0.15) is 11.8 Å². The number of carboxylic acid groups (broad SMARTS) is 1. The molecule has 8 heteroatoms. The number of aliphatic carboxylic acids is 1. The fourth-order valence-corrected chi connectivity index (χ4v) is 5.92. The van der Waals surface area contributed by atoms with Crippen LogP contribution in [-0.2, 0) is 14.3 Å². The predicted octanol–water partition coefficient (Wildman–Crippen LogP) is 3.77. The molecular weight excluding hydrogens is 440 g/mol. The second-order valence-corrected chi connectivity index (χ2v) is 9.87. The van der Waals surface area contributed by atoms with Crippen LogP contribution in [-0.4, -0.2) is 52.8 Å². The number of hydrogen-bond acceptors (Lipinski definition) is 5. The summed E-state index contributed by atoms with van der Waals surface area (Å²) in [6, 6.07) is 15.3. The Morgan fingerprint density at radius 1 is 1.06 bits per heavy atom. The topological polar surface area (TPSA) is 105 Å². The third-order valence-electron chi connectivity index (χ3n) is 6.40. The van der Waals surface area contributed by atoms with Crippen molar-refractivity contribution >= 4 is 29.7 Å². The van der Waals surface area contributed by atoms with E-state index in [1.807, 2.05) is 36.4 Å². The highest BCUT2D eigenvalue weighted by Crippen LogP contribution is 2.44. The molecule has 1 atom stereocenters. The van der Waals surface area contributed by atoms with E-state index in [9.17, 15) is 19.5 Å². The lowest BCUT2D eigenvalue weighted by atomic mass is 9.88. The maximum absolute atomic E-state index is 12.7. The molecule has 0 spiro atoms. The molecule has 0 radical (unpaired) electrons. The normalized spacial score (nSPS) is 17.4. The van der Waals surface area contributed by atoms with Crippen molar-refractivity contribution in [3.8, 4) is 11.1 Å². The smallest absolute Gasteiger partial charge is 0.407 e. The van der Waals surface area contributed by atoms with Gasteiger partial charge in [0.1, 0.15) is 12.6 Å². The van der Waals surface area contributed by atoms with Gasteiger partial charge in [-0.1, -0.05) is 48.5 Å². The van der Waals surface area contributed by atoms with Crippen LogP contribution in [0.25, 0.3) is 11.1 Å². The van der Waals surface area contributed by atoms with E-state index >= 15 is 0 Å². The van der Waals surface area contributed by atoms with Gasteiger partial charge < -0.3 is 20.5 Å². The van der Waals surface area contributed by atoms with Gasteiger partial charge in [-0.15, -0.1) is 0 Å². The zero-order chi connectivity index (χ0) is 23.4. The number of alkyl carbamates (subject to hydrolysis) is 1. The summed E-state index contributed by atoms with van der Waals surface area (Å²) in [5.41, 5.74) is 3.74. The van der Waals surface area contributed by atoms with Crippen LogP contribution in [0, 0.1) is 0 Å². The Kier molecular flexibility index (Phi) is 6.93. The van der Waals surface area contributed by atoms with Crippen molar-refractivity contribution in [1.29, 1.82) is 0 Å². The van der Waals surface area contributed by atoms with Crippen LogP contribution >= 0.6 is 11.8 Å². The molecule has 1 heterocycles. The zero-order valence-corrected chi connectivity index (χ0v) is 19.3. The number of fused-ring (bicyclic) bond motifs is 3. The monoisotopic (exact) mass is 468 g/mol. The molecule has 2 aliphatic rings. The summed E-state index contributed by atoms with van der Waals surface area (Å²) in [6.45, 7) is 1.73. The number of carbonyl (C=O) groups is 3. The van der Waals surface area contributed by atoms with Crippen LogP contribution in [0.5, 0.6) is 0 Å². The number of rotatable bonds is 7. The number of thioether (sulfide) groups is 1. The van der Waals surface area contributed by atoms with Gasteiger partial charge in [-0.25, -0.2) is 4.79 Å². The van der Waals surface area contributed by atoms with Crippen molar-refractivity contribution < 1.29 is 24.2 Å². The first-order chi connectivity index (χ1) is 15.9. The summed E-state index contributed by atoms with van der Waals surface area (Å²) >= 11 is 1.75. The van der Waals surface area contributed by atoms with Crippen molar-refractivity contribution in [2.75, 3.05) is 18.1 Å². The van der Waals surface area contributed by atoms with E-state index in [4.69, 9.17) is 4.74 Å². The Labute approximate surface area is 197 Å². The minimum atomic E-state index is -0.945. The highest BCUT2D eigenvalue weighted by molar-refractivity contribution is 7.99. The van der Waals surface area contributed by atoms with E-state index < -0.39 is 29.6 Å². The average Bonchev–Trinajstić information content (AvgIpc) is 3.11. The number of ether oxygens (including phenoxy) is 1. The van der Waals surface area contributed by atoms with Crippen LogP contribution in [0.1, 0.15) is 43.2 Å². The van der Waals surface area contributed by atoms with Crippen LogP contribution < -0.4 is 10.6 Å². The molecule has 2 amide bonds. The van der Waals surface area contributed by atoms with Gasteiger partial charge in [0.15, 0.2) is 0 Å². The van der Waals surface area contributed by atoms with Gasteiger partial charge >= 0.3 is 12.1 Å². The number of amides is 2. The average molecular weight is 469 g/mol. The quantitative estimate of drug-likeness (QED) is 0.571. The Hall–Kier alpha value is -3.00. The van der Waals surface area contributed by atoms with Gasteiger partial charge in [0.05, 0.1) is 12.0 Å². The fraction of sp³-hybridized carbons (Fsp3) is 0.400. The standard InChI is InChI=1S/C25H28N2O5S/c1-16(23(30)27-25(14-22(28)29)10-12-33-13-11-25)26-24(31)32-15-21-19-8-4-2-6-17(19)18-7-3-5-9-20(18)21/h2-9,16,21H,10-15H2,1H3,(H,26,31)(H,27,30)(H,28,29)/t16-/m1/s1. The van der Waals surface area contributed by atoms with Gasteiger partial charge in [0.2, 0.25) is 5.91 Å². The highest BCUT2D eigenvalue weighted by atomic mass is 32.2. The Morgan fingerprint density at radius 2 is 1.64 bits per heavy atom. The molecule has 174 valence electrons. The van der Waals surface area contributed by atoms with Crippen LogP contribution in [0.4, 0.5) is 4.79 Å². The third-order valence-corrected chi connectivity index (χ3v) is 7.38. The summed E-state index contributed by atoms with van der Waals surface area (Å²) in [4.78, 5) is 36.6. The predicted molar refractivity (Wildman–Crippen MR) is 127 cm³/mol.